The van der Waals surface area contributed by atoms with Crippen LogP contribution in [0.4, 0.5) is 0 Å². The molecule has 0 atom stereocenters. The molecule has 336 valence electrons. The standard InChI is InChI=1S/C44H30N4O12S4.2Co/c49-61(50,51)29-9-1-25(2-10-29)41-33-17-19-35(45-33)42(26-3-11-30(12-4-26)62(52,53)54)37-21-23-39(47-37)44(28-7-15-32(16-8-28)64(58,59)60)40-24-22-38(48-40)43(36-20-18-34(41)46-36)27-5-13-31(14-6-27)63(55,56)57;;/h1-24,45,48H,(H,49,50,51)(H,52,53,54)(H,55,56,57)(H,58,59,60);;/q;2*+2/p-4. The van der Waals surface area contributed by atoms with Gasteiger partial charge in [0.25, 0.3) is 0 Å². The largest absolute Gasteiger partial charge is 2.00 e. The maximum atomic E-state index is 11.9. The molecule has 16 nitrogen and oxygen atoms in total. The summed E-state index contributed by atoms with van der Waals surface area (Å²) in [7, 11) is -19.2. The second-order valence-electron chi connectivity index (χ2n) is 14.4. The summed E-state index contributed by atoms with van der Waals surface area (Å²) in [5.41, 5.74) is 6.76. The van der Waals surface area contributed by atoms with Crippen LogP contribution in [0.1, 0.15) is 22.8 Å². The Balaban J connectivity index is 0.00000324. The van der Waals surface area contributed by atoms with Crippen molar-refractivity contribution in [3.63, 3.8) is 0 Å². The van der Waals surface area contributed by atoms with Gasteiger partial charge in [-0.3, -0.25) is 0 Å². The fraction of sp³-hybridized carbons (Fsp3) is 0. The maximum absolute atomic E-state index is 11.9. The number of H-pyrrole nitrogens is 2. The molecule has 4 aromatic carbocycles. The first-order chi connectivity index (χ1) is 30.2. The molecule has 0 fully saturated rings. The zero-order chi connectivity index (χ0) is 45.3. The molecule has 0 saturated heterocycles. The number of nitrogens with zero attached hydrogens (tertiary/aromatic N) is 2. The zero-order valence-corrected chi connectivity index (χ0v) is 38.3. The van der Waals surface area contributed by atoms with E-state index in [1.807, 2.05) is 0 Å². The Morgan fingerprint density at radius 2 is 0.485 bits per heavy atom. The van der Waals surface area contributed by atoms with Crippen molar-refractivity contribution in [1.29, 1.82) is 0 Å². The van der Waals surface area contributed by atoms with Gasteiger partial charge in [0.1, 0.15) is 40.5 Å². The van der Waals surface area contributed by atoms with Crippen molar-refractivity contribution in [2.45, 2.75) is 19.6 Å². The van der Waals surface area contributed by atoms with E-state index in [0.29, 0.717) is 89.4 Å². The van der Waals surface area contributed by atoms with E-state index in [9.17, 15) is 51.9 Å². The molecule has 0 unspecified atom stereocenters. The van der Waals surface area contributed by atoms with Gasteiger partial charge in [0.15, 0.2) is 0 Å². The van der Waals surface area contributed by atoms with Gasteiger partial charge in [-0.1, -0.05) is 48.5 Å². The van der Waals surface area contributed by atoms with Crippen LogP contribution in [0.3, 0.4) is 0 Å². The predicted molar refractivity (Wildman–Crippen MR) is 232 cm³/mol. The first-order valence-corrected chi connectivity index (χ1v) is 24.3. The third-order valence-electron chi connectivity index (χ3n) is 10.5. The van der Waals surface area contributed by atoms with Gasteiger partial charge in [0.05, 0.1) is 42.4 Å². The van der Waals surface area contributed by atoms with Crippen molar-refractivity contribution in [3.05, 3.63) is 144 Å². The van der Waals surface area contributed by atoms with E-state index in [1.54, 1.807) is 48.6 Å². The van der Waals surface area contributed by atoms with Gasteiger partial charge in [-0.05, 0) is 119 Å². The number of aromatic nitrogens is 4. The summed E-state index contributed by atoms with van der Waals surface area (Å²) in [6, 6.07) is 27.8. The van der Waals surface area contributed by atoms with Crippen molar-refractivity contribution >= 4 is 86.8 Å². The third kappa shape index (κ3) is 9.39. The molecule has 0 spiro atoms. The number of benzene rings is 4. The van der Waals surface area contributed by atoms with Crippen LogP contribution in [0.2, 0.25) is 0 Å². The summed E-state index contributed by atoms with van der Waals surface area (Å²) < 4.78 is 143. The topological polar surface area (TPSA) is 286 Å². The molecule has 22 heteroatoms. The molecule has 0 amide bonds. The Morgan fingerprint density at radius 3 is 0.652 bits per heavy atom. The molecule has 2 aliphatic heterocycles. The van der Waals surface area contributed by atoms with E-state index in [1.165, 1.54) is 97.1 Å². The average Bonchev–Trinajstić information content (AvgIpc) is 4.08. The Morgan fingerprint density at radius 1 is 0.303 bits per heavy atom. The number of hydrogen-bond acceptors (Lipinski definition) is 14. The number of fused-ring (bicyclic) bond motifs is 8. The monoisotopic (exact) mass is 1050 g/mol. The van der Waals surface area contributed by atoms with E-state index in [2.05, 4.69) is 9.97 Å². The molecule has 0 aliphatic carbocycles. The number of hydrogen-bond donors (Lipinski definition) is 2. The van der Waals surface area contributed by atoms with Crippen molar-refractivity contribution in [2.75, 3.05) is 0 Å². The van der Waals surface area contributed by atoms with Gasteiger partial charge in [0, 0.05) is 44.3 Å². The minimum atomic E-state index is -4.81. The average molecular weight is 1050 g/mol. The smallest absolute Gasteiger partial charge is 0.744 e. The van der Waals surface area contributed by atoms with Crippen molar-refractivity contribution in [3.8, 4) is 44.5 Å². The molecular weight excluding hydrogens is 1020 g/mol. The quantitative estimate of drug-likeness (QED) is 0.146. The first-order valence-electron chi connectivity index (χ1n) is 18.6. The molecule has 3 aromatic heterocycles. The van der Waals surface area contributed by atoms with E-state index in [-0.39, 0.29) is 33.6 Å². The number of rotatable bonds is 8. The number of aromatic amines is 2. The number of nitrogens with one attached hydrogen (secondary N) is 2. The minimum Gasteiger partial charge on any atom is -0.744 e. The Bertz CT molecular complexity index is 3310. The first kappa shape index (κ1) is 48.1. The van der Waals surface area contributed by atoms with E-state index in [4.69, 9.17) is 9.97 Å². The van der Waals surface area contributed by atoms with Crippen LogP contribution in [-0.4, -0.2) is 71.8 Å². The molecule has 2 aliphatic rings. The van der Waals surface area contributed by atoms with E-state index in [0.717, 1.165) is 0 Å². The summed E-state index contributed by atoms with van der Waals surface area (Å²) in [4.78, 5) is 15.0. The van der Waals surface area contributed by atoms with Crippen molar-refractivity contribution in [2.24, 2.45) is 0 Å². The maximum Gasteiger partial charge on any atom is 2.00 e. The predicted octanol–water partition coefficient (Wildman–Crippen LogP) is 6.94. The molecule has 5 heterocycles. The minimum absolute atomic E-state index is 0. The summed E-state index contributed by atoms with van der Waals surface area (Å²) >= 11 is 0. The van der Waals surface area contributed by atoms with Crippen LogP contribution in [0.25, 0.3) is 90.9 Å². The molecule has 0 saturated carbocycles. The van der Waals surface area contributed by atoms with E-state index < -0.39 is 60.1 Å². The molecule has 9 rings (SSSR count). The van der Waals surface area contributed by atoms with Crippen molar-refractivity contribution < 1.29 is 85.4 Å². The Kier molecular flexibility index (Phi) is 12.9. The van der Waals surface area contributed by atoms with Gasteiger partial charge in [-0.25, -0.2) is 43.6 Å². The second-order valence-corrected chi connectivity index (χ2v) is 19.9. The van der Waals surface area contributed by atoms with Gasteiger partial charge < -0.3 is 28.2 Å². The fourth-order valence-electron chi connectivity index (χ4n) is 7.57. The Labute approximate surface area is 397 Å². The summed E-state index contributed by atoms with van der Waals surface area (Å²) in [5, 5.41) is 0. The van der Waals surface area contributed by atoms with E-state index >= 15 is 0 Å². The fourth-order valence-corrected chi connectivity index (χ4v) is 9.45. The molecular formula is C44H26Co2N4O12S4. The molecule has 2 radical (unpaired) electrons. The normalized spacial score (nSPS) is 12.7. The molecule has 66 heavy (non-hydrogen) atoms. The SMILES string of the molecule is O=S(=O)([O-])c1ccc(-c2c3nc(c(-c4ccc(S(=O)(=O)[O-])cc4)c4ccc([nH]4)c(-c4ccc(S(=O)(=O)[O-])cc4)c4nc(c(-c5ccc(S(=O)(=O)[O-])cc5)c5ccc2[nH]5)C=C4)C=C3)cc1.[Co+2].[Co+2]. The van der Waals surface area contributed by atoms with Crippen molar-refractivity contribution in [1.82, 2.24) is 19.9 Å². The van der Waals surface area contributed by atoms with Crippen LogP contribution in [0.15, 0.2) is 141 Å². The molecule has 2 N–H and O–H groups in total. The summed E-state index contributed by atoms with van der Waals surface area (Å²) in [6.07, 6.45) is 6.79. The Hall–Kier alpha value is -5.87. The van der Waals surface area contributed by atoms with Gasteiger partial charge >= 0.3 is 33.6 Å². The van der Waals surface area contributed by atoms with Crippen LogP contribution >= 0.6 is 0 Å². The van der Waals surface area contributed by atoms with Crippen LogP contribution in [0, 0.1) is 0 Å². The molecule has 7 aromatic rings. The third-order valence-corrected chi connectivity index (χ3v) is 13.9. The van der Waals surface area contributed by atoms with Gasteiger partial charge in [-0.15, -0.1) is 0 Å². The van der Waals surface area contributed by atoms with Gasteiger partial charge in [-0.2, -0.15) is 0 Å². The summed E-state index contributed by atoms with van der Waals surface area (Å²) in [5.74, 6) is 0. The molecule has 8 bridgehead atoms. The van der Waals surface area contributed by atoms with Crippen LogP contribution in [0.5, 0.6) is 0 Å². The van der Waals surface area contributed by atoms with Gasteiger partial charge in [0.2, 0.25) is 0 Å². The zero-order valence-electron chi connectivity index (χ0n) is 32.9. The van der Waals surface area contributed by atoms with Crippen LogP contribution in [-0.2, 0) is 74.0 Å². The second kappa shape index (κ2) is 17.7. The summed E-state index contributed by atoms with van der Waals surface area (Å²) in [6.45, 7) is 0. The van der Waals surface area contributed by atoms with Crippen LogP contribution < -0.4 is 0 Å².